The molecule has 0 spiro atoms. The van der Waals surface area contributed by atoms with E-state index < -0.39 is 12.4 Å². The van der Waals surface area contributed by atoms with Gasteiger partial charge in [0.2, 0.25) is 0 Å². The molecule has 13 heavy (non-hydrogen) atoms. The van der Waals surface area contributed by atoms with Crippen LogP contribution in [0.1, 0.15) is 5.56 Å². The Kier molecular flexibility index (Phi) is 3.42. The molecule has 0 bridgehead atoms. The zero-order valence-corrected chi connectivity index (χ0v) is 7.19. The molecular weight excluding hydrogens is 205 g/mol. The maximum atomic E-state index is 12.9. The van der Waals surface area contributed by atoms with E-state index in [9.17, 15) is 13.2 Å². The van der Waals surface area contributed by atoms with E-state index in [2.05, 4.69) is 4.74 Å². The first-order valence-corrected chi connectivity index (χ1v) is 3.96. The summed E-state index contributed by atoms with van der Waals surface area (Å²) in [7, 11) is 0. The van der Waals surface area contributed by atoms with Gasteiger partial charge in [0.1, 0.15) is 11.6 Å². The Morgan fingerprint density at radius 3 is 2.54 bits per heavy atom. The summed E-state index contributed by atoms with van der Waals surface area (Å²) in [4.78, 5) is 0. The highest BCUT2D eigenvalue weighted by atomic mass is 35.5. The van der Waals surface area contributed by atoms with Crippen LogP contribution in [-0.4, -0.2) is 6.61 Å². The van der Waals surface area contributed by atoms with Crippen LogP contribution in [0.4, 0.5) is 13.2 Å². The Labute approximate surface area is 78.1 Å². The molecule has 0 radical (unpaired) electrons. The van der Waals surface area contributed by atoms with Crippen molar-refractivity contribution in [3.63, 3.8) is 0 Å². The minimum atomic E-state index is -2.94. The van der Waals surface area contributed by atoms with Crippen LogP contribution in [0.3, 0.4) is 0 Å². The van der Waals surface area contributed by atoms with Crippen LogP contribution >= 0.6 is 11.6 Å². The second kappa shape index (κ2) is 4.37. The van der Waals surface area contributed by atoms with Crippen LogP contribution in [-0.2, 0) is 5.88 Å². The fourth-order valence-electron chi connectivity index (χ4n) is 0.813. The van der Waals surface area contributed by atoms with E-state index in [1.54, 1.807) is 0 Å². The van der Waals surface area contributed by atoms with Crippen LogP contribution < -0.4 is 4.74 Å². The molecule has 5 heteroatoms. The molecule has 0 aromatic heterocycles. The standard InChI is InChI=1S/C8H6ClF3O/c9-4-5-1-2-6(3-7(5)10)13-8(11)12/h1-3,8H,4H2. The van der Waals surface area contributed by atoms with Crippen molar-refractivity contribution in [2.24, 2.45) is 0 Å². The van der Waals surface area contributed by atoms with Crippen molar-refractivity contribution in [1.82, 2.24) is 0 Å². The van der Waals surface area contributed by atoms with Gasteiger partial charge in [0, 0.05) is 11.6 Å². The molecule has 0 saturated carbocycles. The summed E-state index contributed by atoms with van der Waals surface area (Å²) in [6.07, 6.45) is 0. The number of hydrogen-bond acceptors (Lipinski definition) is 1. The van der Waals surface area contributed by atoms with Crippen molar-refractivity contribution < 1.29 is 17.9 Å². The summed E-state index contributed by atoms with van der Waals surface area (Å²) < 4.78 is 40.2. The summed E-state index contributed by atoms with van der Waals surface area (Å²) in [5.41, 5.74) is 0.253. The van der Waals surface area contributed by atoms with E-state index in [0.29, 0.717) is 0 Å². The highest BCUT2D eigenvalue weighted by Crippen LogP contribution is 2.19. The van der Waals surface area contributed by atoms with Crippen LogP contribution in [0.5, 0.6) is 5.75 Å². The zero-order chi connectivity index (χ0) is 9.84. The normalized spacial score (nSPS) is 10.5. The molecule has 0 unspecified atom stereocenters. The van der Waals surface area contributed by atoms with E-state index in [1.165, 1.54) is 12.1 Å². The fraction of sp³-hybridized carbons (Fsp3) is 0.250. The van der Waals surface area contributed by atoms with Crippen LogP contribution in [0.2, 0.25) is 0 Å². The molecule has 1 rings (SSSR count). The van der Waals surface area contributed by atoms with Crippen molar-refractivity contribution in [3.05, 3.63) is 29.6 Å². The van der Waals surface area contributed by atoms with Gasteiger partial charge < -0.3 is 4.74 Å². The van der Waals surface area contributed by atoms with Crippen LogP contribution in [0.15, 0.2) is 18.2 Å². The molecular formula is C8H6ClF3O. The van der Waals surface area contributed by atoms with E-state index in [0.717, 1.165) is 6.07 Å². The van der Waals surface area contributed by atoms with Crippen LogP contribution in [0.25, 0.3) is 0 Å². The number of alkyl halides is 3. The number of hydrogen-bond donors (Lipinski definition) is 0. The van der Waals surface area contributed by atoms with Gasteiger partial charge in [-0.1, -0.05) is 6.07 Å². The highest BCUT2D eigenvalue weighted by molar-refractivity contribution is 6.17. The predicted molar refractivity (Wildman–Crippen MR) is 42.6 cm³/mol. The van der Waals surface area contributed by atoms with E-state index in [4.69, 9.17) is 11.6 Å². The van der Waals surface area contributed by atoms with Gasteiger partial charge >= 0.3 is 6.61 Å². The Morgan fingerprint density at radius 1 is 1.38 bits per heavy atom. The molecule has 1 aromatic rings. The third kappa shape index (κ3) is 2.81. The Morgan fingerprint density at radius 2 is 2.08 bits per heavy atom. The molecule has 0 aliphatic rings. The van der Waals surface area contributed by atoms with Gasteiger partial charge in [-0.25, -0.2) is 4.39 Å². The highest BCUT2D eigenvalue weighted by Gasteiger charge is 2.07. The van der Waals surface area contributed by atoms with E-state index >= 15 is 0 Å². The van der Waals surface area contributed by atoms with Crippen molar-refractivity contribution >= 4 is 11.6 Å². The molecule has 72 valence electrons. The molecule has 0 saturated heterocycles. The molecule has 1 aromatic carbocycles. The fourth-order valence-corrected chi connectivity index (χ4v) is 1.03. The number of rotatable bonds is 3. The second-order valence-electron chi connectivity index (χ2n) is 2.27. The van der Waals surface area contributed by atoms with Gasteiger partial charge in [0.25, 0.3) is 0 Å². The second-order valence-corrected chi connectivity index (χ2v) is 2.53. The van der Waals surface area contributed by atoms with Gasteiger partial charge in [-0.3, -0.25) is 0 Å². The molecule has 0 aliphatic heterocycles. The lowest BCUT2D eigenvalue weighted by Gasteiger charge is -2.05. The summed E-state index contributed by atoms with van der Waals surface area (Å²) >= 11 is 5.36. The first-order valence-electron chi connectivity index (χ1n) is 3.42. The smallest absolute Gasteiger partial charge is 0.387 e. The Hall–Kier alpha value is -0.900. The number of ether oxygens (including phenoxy) is 1. The summed E-state index contributed by atoms with van der Waals surface area (Å²) in [5, 5.41) is 0. The van der Waals surface area contributed by atoms with Gasteiger partial charge in [-0.15, -0.1) is 11.6 Å². The SMILES string of the molecule is Fc1cc(OC(F)F)ccc1CCl. The number of halogens is 4. The summed E-state index contributed by atoms with van der Waals surface area (Å²) in [6, 6.07) is 3.43. The lowest BCUT2D eigenvalue weighted by Crippen LogP contribution is -2.02. The van der Waals surface area contributed by atoms with E-state index in [-0.39, 0.29) is 17.2 Å². The van der Waals surface area contributed by atoms with E-state index in [1.807, 2.05) is 0 Å². The monoisotopic (exact) mass is 210 g/mol. The Balaban J connectivity index is 2.83. The maximum absolute atomic E-state index is 12.9. The first kappa shape index (κ1) is 10.2. The molecule has 0 N–H and O–H groups in total. The quantitative estimate of drug-likeness (QED) is 0.697. The molecule has 1 nitrogen and oxygen atoms in total. The molecule has 0 fully saturated rings. The molecule has 0 aliphatic carbocycles. The van der Waals surface area contributed by atoms with Gasteiger partial charge in [0.05, 0.1) is 5.88 Å². The molecule has 0 atom stereocenters. The Bertz CT molecular complexity index is 291. The predicted octanol–water partition coefficient (Wildman–Crippen LogP) is 3.17. The largest absolute Gasteiger partial charge is 0.435 e. The minimum Gasteiger partial charge on any atom is -0.435 e. The number of benzene rings is 1. The van der Waals surface area contributed by atoms with Crippen molar-refractivity contribution in [2.45, 2.75) is 12.5 Å². The lowest BCUT2D eigenvalue weighted by molar-refractivity contribution is -0.0500. The van der Waals surface area contributed by atoms with Gasteiger partial charge in [-0.05, 0) is 6.07 Å². The summed E-state index contributed by atoms with van der Waals surface area (Å²) in [6.45, 7) is -2.94. The average molecular weight is 211 g/mol. The van der Waals surface area contributed by atoms with Crippen molar-refractivity contribution in [2.75, 3.05) is 0 Å². The minimum absolute atomic E-state index is 0.000786. The van der Waals surface area contributed by atoms with Crippen molar-refractivity contribution in [1.29, 1.82) is 0 Å². The molecule has 0 amide bonds. The third-order valence-electron chi connectivity index (χ3n) is 1.39. The first-order chi connectivity index (χ1) is 6.13. The van der Waals surface area contributed by atoms with Gasteiger partial charge in [0.15, 0.2) is 0 Å². The van der Waals surface area contributed by atoms with Crippen LogP contribution in [0, 0.1) is 5.82 Å². The van der Waals surface area contributed by atoms with Crippen molar-refractivity contribution in [3.8, 4) is 5.75 Å². The zero-order valence-electron chi connectivity index (χ0n) is 6.44. The summed E-state index contributed by atoms with van der Waals surface area (Å²) in [5.74, 6) is -0.852. The third-order valence-corrected chi connectivity index (χ3v) is 1.68. The lowest BCUT2D eigenvalue weighted by atomic mass is 10.2. The average Bonchev–Trinajstić information content (AvgIpc) is 2.03. The maximum Gasteiger partial charge on any atom is 0.387 e. The van der Waals surface area contributed by atoms with Gasteiger partial charge in [-0.2, -0.15) is 8.78 Å². The topological polar surface area (TPSA) is 9.23 Å². The molecule has 0 heterocycles.